The topological polar surface area (TPSA) is 20.6 Å². The van der Waals surface area contributed by atoms with Gasteiger partial charge in [-0.1, -0.05) is 37.7 Å². The monoisotopic (exact) mass is 377 g/mol. The zero-order valence-electron chi connectivity index (χ0n) is 15.2. The van der Waals surface area contributed by atoms with Crippen LogP contribution < -0.4 is 22.2 Å². The highest BCUT2D eigenvalue weighted by Crippen LogP contribution is 2.46. The summed E-state index contributed by atoms with van der Waals surface area (Å²) in [5, 5.41) is 0. The van der Waals surface area contributed by atoms with E-state index in [1.807, 2.05) is 24.0 Å². The number of fused-ring (bicyclic) bond motifs is 2. The van der Waals surface area contributed by atoms with E-state index in [4.69, 9.17) is 0 Å². The molecule has 136 valence electrons. The van der Waals surface area contributed by atoms with Gasteiger partial charge in [-0.25, -0.2) is 4.98 Å². The minimum atomic E-state index is 0. The lowest BCUT2D eigenvalue weighted by Crippen LogP contribution is -3.12. The van der Waals surface area contributed by atoms with Crippen molar-refractivity contribution >= 4 is 23.3 Å². The number of nitrogens with one attached hydrogen (secondary N) is 1. The predicted octanol–water partition coefficient (Wildman–Crippen LogP) is 0.783. The molecule has 0 spiro atoms. The third-order valence-electron chi connectivity index (χ3n) is 4.50. The highest BCUT2D eigenvalue weighted by Gasteiger charge is 2.24. The maximum atomic E-state index is 4.67. The average molecular weight is 378 g/mol. The van der Waals surface area contributed by atoms with Gasteiger partial charge in [0.05, 0.1) is 30.2 Å². The first-order valence-electron chi connectivity index (χ1n) is 9.16. The Hall–Kier alpha value is -1.23. The molecule has 0 aliphatic carbocycles. The van der Waals surface area contributed by atoms with Crippen molar-refractivity contribution in [2.24, 2.45) is 0 Å². The smallest absolute Gasteiger partial charge is 0.147 e. The molecule has 0 saturated carbocycles. The summed E-state index contributed by atoms with van der Waals surface area (Å²) in [5.74, 6) is 1.12. The van der Waals surface area contributed by atoms with Crippen LogP contribution in [0.15, 0.2) is 52.4 Å². The molecule has 25 heavy (non-hydrogen) atoms. The van der Waals surface area contributed by atoms with Crippen molar-refractivity contribution in [3.05, 3.63) is 42.6 Å². The van der Waals surface area contributed by atoms with Crippen molar-refractivity contribution in [1.29, 1.82) is 0 Å². The first-order valence-corrected chi connectivity index (χ1v) is 9.98. The predicted molar refractivity (Wildman–Crippen MR) is 103 cm³/mol. The molecule has 1 aromatic heterocycles. The lowest BCUT2D eigenvalue weighted by molar-refractivity contribution is -0.900. The molecule has 0 fully saturated rings. The van der Waals surface area contributed by atoms with E-state index < -0.39 is 0 Å². The molecular weight excluding hydrogens is 350 g/mol. The van der Waals surface area contributed by atoms with E-state index in [1.165, 1.54) is 54.4 Å². The lowest BCUT2D eigenvalue weighted by atomic mass is 10.2. The SMILES string of the molecule is CCC[NH+](CCC)CCCN1c2ccccc2Sc2cccnc21.[Cl-]. The maximum absolute atomic E-state index is 4.67. The van der Waals surface area contributed by atoms with Gasteiger partial charge in [-0.3, -0.25) is 0 Å². The summed E-state index contributed by atoms with van der Waals surface area (Å²) >= 11 is 1.83. The molecule has 1 aliphatic rings. The molecule has 0 amide bonds. The maximum Gasteiger partial charge on any atom is 0.147 e. The van der Waals surface area contributed by atoms with Crippen LogP contribution >= 0.6 is 11.8 Å². The summed E-state index contributed by atoms with van der Waals surface area (Å²) in [6, 6.07) is 12.9. The van der Waals surface area contributed by atoms with Crippen LogP contribution in [0, 0.1) is 0 Å². The highest BCUT2D eigenvalue weighted by molar-refractivity contribution is 7.99. The van der Waals surface area contributed by atoms with Gasteiger partial charge in [0, 0.05) is 24.1 Å². The molecule has 0 atom stereocenters. The molecule has 5 heteroatoms. The summed E-state index contributed by atoms with van der Waals surface area (Å²) < 4.78 is 0. The zero-order chi connectivity index (χ0) is 16.8. The number of rotatable bonds is 8. The van der Waals surface area contributed by atoms with E-state index in [-0.39, 0.29) is 12.4 Å². The molecule has 3 rings (SSSR count). The Labute approximate surface area is 162 Å². The van der Waals surface area contributed by atoms with Gasteiger partial charge in [-0.2, -0.15) is 0 Å². The van der Waals surface area contributed by atoms with E-state index in [0.717, 1.165) is 12.4 Å². The average Bonchev–Trinajstić information content (AvgIpc) is 2.61. The van der Waals surface area contributed by atoms with Crippen LogP contribution in [0.25, 0.3) is 0 Å². The Morgan fingerprint density at radius 1 is 0.960 bits per heavy atom. The van der Waals surface area contributed by atoms with Gasteiger partial charge >= 0.3 is 0 Å². The standard InChI is InChI=1S/C20H27N3S.ClH/c1-3-13-22(14-4-2)15-8-16-23-17-9-5-6-10-18(17)24-19-11-7-12-21-20(19)23;/h5-7,9-12H,3-4,8,13-16H2,1-2H3;1H. The number of pyridine rings is 1. The minimum absolute atomic E-state index is 0. The van der Waals surface area contributed by atoms with Crippen LogP contribution in [-0.2, 0) is 0 Å². The molecule has 1 aliphatic heterocycles. The van der Waals surface area contributed by atoms with Crippen LogP contribution in [0.5, 0.6) is 0 Å². The Bertz CT molecular complexity index is 613. The third-order valence-corrected chi connectivity index (χ3v) is 5.61. The molecule has 2 heterocycles. The molecule has 0 bridgehead atoms. The Kier molecular flexibility index (Phi) is 8.07. The van der Waals surface area contributed by atoms with E-state index >= 15 is 0 Å². The van der Waals surface area contributed by atoms with E-state index in [1.54, 1.807) is 4.90 Å². The van der Waals surface area contributed by atoms with Gasteiger partial charge in [-0.15, -0.1) is 0 Å². The molecule has 0 radical (unpaired) electrons. The van der Waals surface area contributed by atoms with E-state index in [9.17, 15) is 0 Å². The fourth-order valence-electron chi connectivity index (χ4n) is 3.46. The van der Waals surface area contributed by atoms with Crippen LogP contribution in [0.1, 0.15) is 33.1 Å². The largest absolute Gasteiger partial charge is 1.00 e. The molecule has 1 N–H and O–H groups in total. The third kappa shape index (κ3) is 4.90. The van der Waals surface area contributed by atoms with Crippen LogP contribution in [0.2, 0.25) is 0 Å². The second-order valence-electron chi connectivity index (χ2n) is 6.40. The van der Waals surface area contributed by atoms with Gasteiger partial charge < -0.3 is 22.2 Å². The van der Waals surface area contributed by atoms with E-state index in [0.29, 0.717) is 0 Å². The number of benzene rings is 1. The minimum Gasteiger partial charge on any atom is -1.00 e. The summed E-state index contributed by atoms with van der Waals surface area (Å²) in [7, 11) is 0. The number of quaternary nitrogens is 1. The molecule has 0 unspecified atom stereocenters. The van der Waals surface area contributed by atoms with Gasteiger partial charge in [-0.05, 0) is 37.1 Å². The normalized spacial score (nSPS) is 12.5. The van der Waals surface area contributed by atoms with Gasteiger partial charge in [0.15, 0.2) is 0 Å². The van der Waals surface area contributed by atoms with Crippen molar-refractivity contribution in [2.75, 3.05) is 31.1 Å². The van der Waals surface area contributed by atoms with Crippen molar-refractivity contribution < 1.29 is 17.3 Å². The first kappa shape index (κ1) is 20.1. The quantitative estimate of drug-likeness (QED) is 0.734. The number of anilines is 2. The molecule has 2 aromatic rings. The van der Waals surface area contributed by atoms with Crippen molar-refractivity contribution in [2.45, 2.75) is 42.9 Å². The number of nitrogens with zero attached hydrogens (tertiary/aromatic N) is 2. The molecule has 1 aromatic carbocycles. The summed E-state index contributed by atoms with van der Waals surface area (Å²) in [4.78, 5) is 11.4. The van der Waals surface area contributed by atoms with Crippen LogP contribution in [0.4, 0.5) is 11.5 Å². The van der Waals surface area contributed by atoms with Crippen LogP contribution in [0.3, 0.4) is 0 Å². The van der Waals surface area contributed by atoms with Crippen molar-refractivity contribution in [1.82, 2.24) is 4.98 Å². The van der Waals surface area contributed by atoms with Gasteiger partial charge in [0.2, 0.25) is 0 Å². The fraction of sp³-hybridized carbons (Fsp3) is 0.450. The number of hydrogen-bond acceptors (Lipinski definition) is 3. The number of para-hydroxylation sites is 1. The number of hydrogen-bond donors (Lipinski definition) is 1. The number of aromatic nitrogens is 1. The molecular formula is C20H28ClN3S. The first-order chi connectivity index (χ1) is 11.8. The Morgan fingerprint density at radius 2 is 1.68 bits per heavy atom. The van der Waals surface area contributed by atoms with Crippen LogP contribution in [-0.4, -0.2) is 31.2 Å². The molecule has 3 nitrogen and oxygen atoms in total. The second-order valence-corrected chi connectivity index (χ2v) is 7.48. The highest BCUT2D eigenvalue weighted by atomic mass is 35.5. The van der Waals surface area contributed by atoms with Crippen molar-refractivity contribution in [3.8, 4) is 0 Å². The summed E-state index contributed by atoms with van der Waals surface area (Å²) in [5.41, 5.74) is 1.31. The molecule has 0 saturated heterocycles. The van der Waals surface area contributed by atoms with Gasteiger partial charge in [0.25, 0.3) is 0 Å². The lowest BCUT2D eigenvalue weighted by Gasteiger charge is -2.31. The summed E-state index contributed by atoms with van der Waals surface area (Å²) in [6.45, 7) is 9.43. The van der Waals surface area contributed by atoms with Gasteiger partial charge in [0.1, 0.15) is 5.82 Å². The van der Waals surface area contributed by atoms with Crippen molar-refractivity contribution in [3.63, 3.8) is 0 Å². The summed E-state index contributed by atoms with van der Waals surface area (Å²) in [6.07, 6.45) is 5.64. The zero-order valence-corrected chi connectivity index (χ0v) is 16.7. The van der Waals surface area contributed by atoms with E-state index in [2.05, 4.69) is 54.1 Å². The number of halogens is 1. The second kappa shape index (κ2) is 10.0. The Balaban J connectivity index is 0.00000225. The Morgan fingerprint density at radius 3 is 2.44 bits per heavy atom. The fourth-order valence-corrected chi connectivity index (χ4v) is 4.53.